The summed E-state index contributed by atoms with van der Waals surface area (Å²) in [7, 11) is 2.05. The third-order valence-electron chi connectivity index (χ3n) is 3.50. The maximum absolute atomic E-state index is 4.58. The number of hydrogen-bond donors (Lipinski definition) is 1. The molecular weight excluding hydrogens is 198 g/mol. The molecule has 3 heteroatoms. The SMILES string of the molecule is CNC1CCC(c2nc(C)cc(C)n2)CC1. The van der Waals surface area contributed by atoms with Crippen LogP contribution in [-0.4, -0.2) is 23.1 Å². The van der Waals surface area contributed by atoms with Gasteiger partial charge in [0.15, 0.2) is 0 Å². The van der Waals surface area contributed by atoms with Crippen LogP contribution in [-0.2, 0) is 0 Å². The van der Waals surface area contributed by atoms with E-state index in [0.29, 0.717) is 12.0 Å². The van der Waals surface area contributed by atoms with E-state index in [1.807, 2.05) is 6.07 Å². The van der Waals surface area contributed by atoms with E-state index in [1.54, 1.807) is 0 Å². The van der Waals surface area contributed by atoms with Crippen molar-refractivity contribution in [3.63, 3.8) is 0 Å². The molecule has 0 unspecified atom stereocenters. The molecule has 1 aliphatic carbocycles. The average molecular weight is 219 g/mol. The molecule has 0 amide bonds. The number of aromatic nitrogens is 2. The largest absolute Gasteiger partial charge is 0.317 e. The highest BCUT2D eigenvalue weighted by Gasteiger charge is 2.23. The van der Waals surface area contributed by atoms with Gasteiger partial charge < -0.3 is 5.32 Å². The van der Waals surface area contributed by atoms with Crippen LogP contribution >= 0.6 is 0 Å². The normalized spacial score (nSPS) is 25.7. The molecule has 1 aromatic heterocycles. The maximum atomic E-state index is 4.58. The Kier molecular flexibility index (Phi) is 3.54. The number of nitrogens with zero attached hydrogens (tertiary/aromatic N) is 2. The van der Waals surface area contributed by atoms with Gasteiger partial charge in [0.25, 0.3) is 0 Å². The van der Waals surface area contributed by atoms with Crippen LogP contribution in [0.4, 0.5) is 0 Å². The van der Waals surface area contributed by atoms with Gasteiger partial charge in [0.05, 0.1) is 0 Å². The monoisotopic (exact) mass is 219 g/mol. The van der Waals surface area contributed by atoms with Crippen LogP contribution in [0.3, 0.4) is 0 Å². The topological polar surface area (TPSA) is 37.8 Å². The van der Waals surface area contributed by atoms with E-state index in [0.717, 1.165) is 17.2 Å². The van der Waals surface area contributed by atoms with Gasteiger partial charge in [0.1, 0.15) is 5.82 Å². The van der Waals surface area contributed by atoms with Crippen molar-refractivity contribution < 1.29 is 0 Å². The van der Waals surface area contributed by atoms with E-state index in [2.05, 4.69) is 36.2 Å². The third kappa shape index (κ3) is 2.59. The van der Waals surface area contributed by atoms with Crippen molar-refractivity contribution in [1.82, 2.24) is 15.3 Å². The average Bonchev–Trinajstić information content (AvgIpc) is 2.28. The van der Waals surface area contributed by atoms with Crippen LogP contribution in [0.5, 0.6) is 0 Å². The second-order valence-corrected chi connectivity index (χ2v) is 4.85. The Labute approximate surface area is 97.7 Å². The molecule has 1 aliphatic rings. The molecule has 0 aromatic carbocycles. The standard InChI is InChI=1S/C13H21N3/c1-9-8-10(2)16-13(15-9)11-4-6-12(14-3)7-5-11/h8,11-12,14H,4-7H2,1-3H3. The second kappa shape index (κ2) is 4.91. The second-order valence-electron chi connectivity index (χ2n) is 4.85. The summed E-state index contributed by atoms with van der Waals surface area (Å²) in [5.41, 5.74) is 2.19. The molecule has 2 rings (SSSR count). The van der Waals surface area contributed by atoms with E-state index >= 15 is 0 Å². The van der Waals surface area contributed by atoms with Gasteiger partial charge >= 0.3 is 0 Å². The summed E-state index contributed by atoms with van der Waals surface area (Å²) < 4.78 is 0. The van der Waals surface area contributed by atoms with Crippen molar-refractivity contribution in [2.24, 2.45) is 0 Å². The molecule has 0 radical (unpaired) electrons. The first-order valence-corrected chi connectivity index (χ1v) is 6.18. The Morgan fingerprint density at radius 2 is 1.62 bits per heavy atom. The Morgan fingerprint density at radius 1 is 1.06 bits per heavy atom. The Morgan fingerprint density at radius 3 is 2.12 bits per heavy atom. The lowest BCUT2D eigenvalue weighted by molar-refractivity contribution is 0.350. The number of rotatable bonds is 2. The molecule has 0 aliphatic heterocycles. The molecule has 88 valence electrons. The zero-order chi connectivity index (χ0) is 11.5. The predicted molar refractivity (Wildman–Crippen MR) is 65.6 cm³/mol. The van der Waals surface area contributed by atoms with Gasteiger partial charge in [-0.05, 0) is 52.6 Å². The van der Waals surface area contributed by atoms with Gasteiger partial charge in [0.2, 0.25) is 0 Å². The first-order valence-electron chi connectivity index (χ1n) is 6.18. The minimum atomic E-state index is 0.572. The highest BCUT2D eigenvalue weighted by molar-refractivity contribution is 5.11. The number of aryl methyl sites for hydroxylation is 2. The van der Waals surface area contributed by atoms with E-state index in [-0.39, 0.29) is 0 Å². The molecule has 0 atom stereocenters. The van der Waals surface area contributed by atoms with E-state index in [9.17, 15) is 0 Å². The van der Waals surface area contributed by atoms with Crippen LogP contribution in [0.1, 0.15) is 48.8 Å². The van der Waals surface area contributed by atoms with Crippen molar-refractivity contribution in [3.8, 4) is 0 Å². The lowest BCUT2D eigenvalue weighted by Gasteiger charge is -2.27. The molecule has 0 spiro atoms. The van der Waals surface area contributed by atoms with Crippen molar-refractivity contribution in [2.45, 2.75) is 51.5 Å². The molecule has 0 bridgehead atoms. The first-order chi connectivity index (χ1) is 7.69. The van der Waals surface area contributed by atoms with Gasteiger partial charge in [-0.1, -0.05) is 0 Å². The third-order valence-corrected chi connectivity index (χ3v) is 3.50. The van der Waals surface area contributed by atoms with Crippen molar-refractivity contribution >= 4 is 0 Å². The summed E-state index contributed by atoms with van der Waals surface area (Å²) in [6.45, 7) is 4.11. The highest BCUT2D eigenvalue weighted by atomic mass is 14.9. The molecule has 1 N–H and O–H groups in total. The zero-order valence-electron chi connectivity index (χ0n) is 10.5. The fourth-order valence-corrected chi connectivity index (χ4v) is 2.58. The van der Waals surface area contributed by atoms with Gasteiger partial charge in [-0.3, -0.25) is 0 Å². The molecule has 16 heavy (non-hydrogen) atoms. The summed E-state index contributed by atoms with van der Waals surface area (Å²) in [5.74, 6) is 1.63. The lowest BCUT2D eigenvalue weighted by Crippen LogP contribution is -2.30. The fourth-order valence-electron chi connectivity index (χ4n) is 2.58. The summed E-state index contributed by atoms with van der Waals surface area (Å²) in [6, 6.07) is 2.74. The summed E-state index contributed by atoms with van der Waals surface area (Å²) in [5, 5.41) is 3.36. The molecular formula is C13H21N3. The smallest absolute Gasteiger partial charge is 0.131 e. The van der Waals surface area contributed by atoms with Crippen molar-refractivity contribution in [1.29, 1.82) is 0 Å². The van der Waals surface area contributed by atoms with Crippen LogP contribution < -0.4 is 5.32 Å². The quantitative estimate of drug-likeness (QED) is 0.829. The summed E-state index contributed by atoms with van der Waals surface area (Å²) in [4.78, 5) is 9.15. The summed E-state index contributed by atoms with van der Waals surface area (Å²) >= 11 is 0. The number of hydrogen-bond acceptors (Lipinski definition) is 3. The van der Waals surface area contributed by atoms with Crippen LogP contribution in [0.25, 0.3) is 0 Å². The van der Waals surface area contributed by atoms with Crippen LogP contribution in [0.15, 0.2) is 6.07 Å². The van der Waals surface area contributed by atoms with Gasteiger partial charge in [-0.25, -0.2) is 9.97 Å². The molecule has 1 aromatic rings. The Bertz CT molecular complexity index is 334. The maximum Gasteiger partial charge on any atom is 0.131 e. The van der Waals surface area contributed by atoms with Crippen molar-refractivity contribution in [3.05, 3.63) is 23.3 Å². The molecule has 0 saturated heterocycles. The molecule has 3 nitrogen and oxygen atoms in total. The number of nitrogens with one attached hydrogen (secondary N) is 1. The van der Waals surface area contributed by atoms with Gasteiger partial charge in [-0.15, -0.1) is 0 Å². The Balaban J connectivity index is 2.08. The van der Waals surface area contributed by atoms with Crippen LogP contribution in [0.2, 0.25) is 0 Å². The minimum Gasteiger partial charge on any atom is -0.317 e. The predicted octanol–water partition coefficient (Wildman–Crippen LogP) is 2.34. The van der Waals surface area contributed by atoms with E-state index < -0.39 is 0 Å². The fraction of sp³-hybridized carbons (Fsp3) is 0.692. The van der Waals surface area contributed by atoms with Gasteiger partial charge in [-0.2, -0.15) is 0 Å². The Hall–Kier alpha value is -0.960. The minimum absolute atomic E-state index is 0.572. The van der Waals surface area contributed by atoms with E-state index in [4.69, 9.17) is 0 Å². The molecule has 1 heterocycles. The summed E-state index contributed by atoms with van der Waals surface area (Å²) in [6.07, 6.45) is 4.93. The highest BCUT2D eigenvalue weighted by Crippen LogP contribution is 2.30. The first kappa shape index (κ1) is 11.5. The van der Waals surface area contributed by atoms with Gasteiger partial charge in [0, 0.05) is 23.3 Å². The molecule has 1 saturated carbocycles. The molecule has 1 fully saturated rings. The zero-order valence-corrected chi connectivity index (χ0v) is 10.5. The lowest BCUT2D eigenvalue weighted by atomic mass is 9.85. The van der Waals surface area contributed by atoms with Crippen LogP contribution in [0, 0.1) is 13.8 Å². The van der Waals surface area contributed by atoms with E-state index in [1.165, 1.54) is 25.7 Å². The van der Waals surface area contributed by atoms with Crippen molar-refractivity contribution in [2.75, 3.05) is 7.05 Å².